The van der Waals surface area contributed by atoms with Crippen LogP contribution in [0.15, 0.2) is 42.9 Å². The van der Waals surface area contributed by atoms with Crippen molar-refractivity contribution in [2.24, 2.45) is 7.05 Å². The van der Waals surface area contributed by atoms with Crippen molar-refractivity contribution in [3.63, 3.8) is 0 Å². The number of nitrogens with zero attached hydrogens (tertiary/aromatic N) is 6. The topological polar surface area (TPSA) is 130 Å². The van der Waals surface area contributed by atoms with Crippen LogP contribution in [0.2, 0.25) is 0 Å². The maximum atomic E-state index is 13.6. The fourth-order valence-corrected chi connectivity index (χ4v) is 5.20. The van der Waals surface area contributed by atoms with Crippen molar-refractivity contribution < 1.29 is 23.4 Å². The monoisotopic (exact) mass is 594 g/mol. The molecule has 4 aromatic rings. The molecule has 0 amide bonds. The Morgan fingerprint density at radius 1 is 1.16 bits per heavy atom. The van der Waals surface area contributed by atoms with Crippen LogP contribution in [-0.2, 0) is 24.7 Å². The lowest BCUT2D eigenvalue weighted by Crippen LogP contribution is -2.37. The van der Waals surface area contributed by atoms with Crippen LogP contribution in [0.5, 0.6) is 5.75 Å². The summed E-state index contributed by atoms with van der Waals surface area (Å²) in [5.41, 5.74) is 2.89. The van der Waals surface area contributed by atoms with E-state index in [1.807, 2.05) is 0 Å². The molecular weight excluding hydrogens is 558 g/mol. The lowest BCUT2D eigenvalue weighted by Gasteiger charge is -2.25. The van der Waals surface area contributed by atoms with Gasteiger partial charge in [-0.15, -0.1) is 0 Å². The fourth-order valence-electron chi connectivity index (χ4n) is 5.20. The van der Waals surface area contributed by atoms with E-state index < -0.39 is 23.6 Å². The zero-order valence-corrected chi connectivity index (χ0v) is 24.1. The molecule has 5 rings (SSSR count). The third-order valence-electron chi connectivity index (χ3n) is 7.49. The second-order valence-electron chi connectivity index (χ2n) is 10.6. The number of nitrogens with one attached hydrogen (secondary N) is 2. The maximum Gasteiger partial charge on any atom is 0.326 e. The summed E-state index contributed by atoms with van der Waals surface area (Å²) in [7, 11) is 1.75. The number of benzene rings is 1. The van der Waals surface area contributed by atoms with E-state index in [-0.39, 0.29) is 18.8 Å². The summed E-state index contributed by atoms with van der Waals surface area (Å²) in [6.45, 7) is 2.73. The Labute approximate surface area is 248 Å². The first-order valence-electron chi connectivity index (χ1n) is 14.5. The highest BCUT2D eigenvalue weighted by atomic mass is 19.1. The summed E-state index contributed by atoms with van der Waals surface area (Å²) in [4.78, 5) is 27.5. The molecule has 1 aromatic carbocycles. The van der Waals surface area contributed by atoms with Crippen LogP contribution in [0.3, 0.4) is 0 Å². The van der Waals surface area contributed by atoms with E-state index in [0.717, 1.165) is 68.4 Å². The number of hydrogen-bond donors (Lipinski definition) is 3. The number of halogens is 2. The van der Waals surface area contributed by atoms with Gasteiger partial charge in [0, 0.05) is 50.6 Å². The zero-order valence-electron chi connectivity index (χ0n) is 24.1. The van der Waals surface area contributed by atoms with Gasteiger partial charge in [0.2, 0.25) is 0 Å². The first-order valence-corrected chi connectivity index (χ1v) is 14.5. The van der Waals surface area contributed by atoms with E-state index in [1.54, 1.807) is 17.9 Å². The Balaban J connectivity index is 1.19. The molecule has 0 saturated carbocycles. The summed E-state index contributed by atoms with van der Waals surface area (Å²) in [6, 6.07) is 6.40. The molecule has 43 heavy (non-hydrogen) atoms. The second kappa shape index (κ2) is 14.2. The fraction of sp³-hybridized carbons (Fsp3) is 0.433. The Morgan fingerprint density at radius 2 is 2.00 bits per heavy atom. The molecule has 1 aliphatic rings. The minimum Gasteiger partial charge on any atom is -0.492 e. The van der Waals surface area contributed by atoms with Crippen molar-refractivity contribution >= 4 is 28.6 Å². The molecule has 0 aliphatic carbocycles. The maximum absolute atomic E-state index is 13.6. The number of aromatic nitrogens is 5. The van der Waals surface area contributed by atoms with E-state index in [4.69, 9.17) is 9.72 Å². The van der Waals surface area contributed by atoms with Gasteiger partial charge in [-0.3, -0.25) is 9.58 Å². The molecule has 228 valence electrons. The molecule has 0 fully saturated rings. The van der Waals surface area contributed by atoms with Gasteiger partial charge in [-0.05, 0) is 56.7 Å². The number of aryl methyl sites for hydroxylation is 3. The van der Waals surface area contributed by atoms with Crippen molar-refractivity contribution in [1.82, 2.24) is 29.6 Å². The lowest BCUT2D eigenvalue weighted by molar-refractivity contribution is -0.138. The SMILES string of the molecule is Cn1ncc2c(NC(CCN(CCCCc3ccc4c(n3)NCCC4)CCOc3cc(F)cc(F)c3)C(=O)O)ncnc21. The number of anilines is 2. The zero-order chi connectivity index (χ0) is 30.2. The summed E-state index contributed by atoms with van der Waals surface area (Å²) >= 11 is 0. The third-order valence-corrected chi connectivity index (χ3v) is 7.49. The second-order valence-corrected chi connectivity index (χ2v) is 10.6. The van der Waals surface area contributed by atoms with E-state index >= 15 is 0 Å². The van der Waals surface area contributed by atoms with Crippen molar-refractivity contribution in [2.75, 3.05) is 43.4 Å². The quantitative estimate of drug-likeness (QED) is 0.173. The van der Waals surface area contributed by atoms with Crippen LogP contribution in [0.1, 0.15) is 36.9 Å². The van der Waals surface area contributed by atoms with Crippen molar-refractivity contribution in [3.8, 4) is 5.75 Å². The highest BCUT2D eigenvalue weighted by molar-refractivity contribution is 5.88. The molecule has 1 aliphatic heterocycles. The molecule has 11 nitrogen and oxygen atoms in total. The third kappa shape index (κ3) is 8.13. The number of carboxylic acid groups (broad SMARTS) is 1. The summed E-state index contributed by atoms with van der Waals surface area (Å²) in [5, 5.41) is 21.2. The van der Waals surface area contributed by atoms with Crippen LogP contribution in [-0.4, -0.2) is 79.5 Å². The average Bonchev–Trinajstić information content (AvgIpc) is 3.37. The van der Waals surface area contributed by atoms with Crippen LogP contribution < -0.4 is 15.4 Å². The number of carboxylic acids is 1. The van der Waals surface area contributed by atoms with Crippen molar-refractivity contribution in [1.29, 1.82) is 0 Å². The molecule has 0 radical (unpaired) electrons. The summed E-state index contributed by atoms with van der Waals surface area (Å²) < 4.78 is 34.4. The van der Waals surface area contributed by atoms with Gasteiger partial charge >= 0.3 is 5.97 Å². The minimum atomic E-state index is -1.01. The van der Waals surface area contributed by atoms with Gasteiger partial charge in [-0.2, -0.15) is 5.10 Å². The number of carbonyl (C=O) groups is 1. The Morgan fingerprint density at radius 3 is 2.81 bits per heavy atom. The first-order chi connectivity index (χ1) is 20.9. The lowest BCUT2D eigenvalue weighted by atomic mass is 10.1. The largest absolute Gasteiger partial charge is 0.492 e. The molecule has 4 heterocycles. The number of rotatable bonds is 15. The Bertz CT molecular complexity index is 1530. The molecule has 1 unspecified atom stereocenters. The number of ether oxygens (including phenoxy) is 1. The van der Waals surface area contributed by atoms with Gasteiger partial charge in [0.15, 0.2) is 5.65 Å². The first kappa shape index (κ1) is 30.1. The smallest absolute Gasteiger partial charge is 0.326 e. The molecule has 13 heteroatoms. The molecule has 0 saturated heterocycles. The summed E-state index contributed by atoms with van der Waals surface area (Å²) in [6.07, 6.45) is 8.01. The minimum absolute atomic E-state index is 0.110. The molecule has 0 spiro atoms. The molecular formula is C30H36F2N8O3. The van der Waals surface area contributed by atoms with Crippen LogP contribution in [0.25, 0.3) is 11.0 Å². The van der Waals surface area contributed by atoms with E-state index in [9.17, 15) is 18.7 Å². The van der Waals surface area contributed by atoms with Gasteiger partial charge in [-0.1, -0.05) is 6.07 Å². The predicted molar refractivity (Wildman–Crippen MR) is 158 cm³/mol. The van der Waals surface area contributed by atoms with E-state index in [2.05, 4.69) is 42.7 Å². The molecule has 0 bridgehead atoms. The molecule has 3 N–H and O–H groups in total. The highest BCUT2D eigenvalue weighted by Gasteiger charge is 2.21. The number of hydrogen-bond acceptors (Lipinski definition) is 9. The standard InChI is InChI=1S/C30H36F2N8O3/c1-39-29-25(18-36-39)28(34-19-35-29)38-26(30(41)42)9-12-40(13-14-43-24-16-21(31)15-22(32)17-24)11-3-2-6-23-8-7-20-5-4-10-33-27(20)37-23/h7-8,15-19,26H,2-6,9-14H2,1H3,(H,33,37)(H,41,42)(H,34,35,38). The van der Waals surface area contributed by atoms with Gasteiger partial charge < -0.3 is 20.5 Å². The normalized spacial score (nSPS) is 13.5. The van der Waals surface area contributed by atoms with Gasteiger partial charge in [-0.25, -0.2) is 28.5 Å². The number of pyridine rings is 1. The number of fused-ring (bicyclic) bond motifs is 2. The highest BCUT2D eigenvalue weighted by Crippen LogP contribution is 2.21. The van der Waals surface area contributed by atoms with E-state index in [0.29, 0.717) is 36.5 Å². The van der Waals surface area contributed by atoms with Crippen LogP contribution >= 0.6 is 0 Å². The van der Waals surface area contributed by atoms with Gasteiger partial charge in [0.1, 0.15) is 48.0 Å². The average molecular weight is 595 g/mol. The Hall–Kier alpha value is -4.39. The van der Waals surface area contributed by atoms with E-state index in [1.165, 1.54) is 11.9 Å². The number of unbranched alkanes of at least 4 members (excludes halogenated alkanes) is 1. The van der Waals surface area contributed by atoms with Gasteiger partial charge in [0.25, 0.3) is 0 Å². The summed E-state index contributed by atoms with van der Waals surface area (Å²) in [5.74, 6) is -0.925. The van der Waals surface area contributed by atoms with Crippen LogP contribution in [0.4, 0.5) is 20.4 Å². The number of aliphatic carboxylic acids is 1. The Kier molecular flexibility index (Phi) is 9.92. The van der Waals surface area contributed by atoms with Crippen molar-refractivity contribution in [2.45, 2.75) is 44.6 Å². The molecule has 3 aromatic heterocycles. The van der Waals surface area contributed by atoms with Crippen molar-refractivity contribution in [3.05, 3.63) is 65.7 Å². The molecule has 1 atom stereocenters. The predicted octanol–water partition coefficient (Wildman–Crippen LogP) is 4.05. The van der Waals surface area contributed by atoms with Crippen LogP contribution in [0, 0.1) is 11.6 Å². The van der Waals surface area contributed by atoms with Gasteiger partial charge in [0.05, 0.1) is 11.6 Å².